The number of nitrogens with zero attached hydrogens (tertiary/aromatic N) is 1. The van der Waals surface area contributed by atoms with Crippen LogP contribution >= 0.6 is 0 Å². The second-order valence-corrected chi connectivity index (χ2v) is 5.37. The van der Waals surface area contributed by atoms with Crippen LogP contribution in [0.2, 0.25) is 0 Å². The SMILES string of the molecule is CCCNC(=O)c1ccc(CO[NH+]=C(C)c2ccc(O)cn2)cc1.[Cl-]. The summed E-state index contributed by atoms with van der Waals surface area (Å²) in [4.78, 5) is 21.3. The molecule has 1 amide bonds. The summed E-state index contributed by atoms with van der Waals surface area (Å²) in [5.74, 6) is 0.0561. The van der Waals surface area contributed by atoms with Gasteiger partial charge in [-0.15, -0.1) is 0 Å². The summed E-state index contributed by atoms with van der Waals surface area (Å²) >= 11 is 0. The number of halogens is 1. The van der Waals surface area contributed by atoms with E-state index in [-0.39, 0.29) is 24.1 Å². The zero-order chi connectivity index (χ0) is 17.4. The lowest BCUT2D eigenvalue weighted by Crippen LogP contribution is -3.00. The number of hydrogen-bond acceptors (Lipinski definition) is 4. The Kier molecular flexibility index (Phi) is 8.43. The van der Waals surface area contributed by atoms with Crippen LogP contribution in [-0.2, 0) is 11.4 Å². The minimum atomic E-state index is -0.0648. The molecule has 134 valence electrons. The van der Waals surface area contributed by atoms with Gasteiger partial charge < -0.3 is 22.8 Å². The van der Waals surface area contributed by atoms with E-state index in [4.69, 9.17) is 4.84 Å². The molecule has 0 radical (unpaired) electrons. The van der Waals surface area contributed by atoms with Crippen LogP contribution in [0, 0.1) is 0 Å². The van der Waals surface area contributed by atoms with Gasteiger partial charge in [0.15, 0.2) is 6.61 Å². The van der Waals surface area contributed by atoms with Crippen molar-refractivity contribution >= 4 is 11.6 Å². The molecule has 0 bridgehead atoms. The molecular weight excluding hydrogens is 342 g/mol. The fourth-order valence-electron chi connectivity index (χ4n) is 1.98. The Morgan fingerprint density at radius 1 is 1.24 bits per heavy atom. The van der Waals surface area contributed by atoms with Gasteiger partial charge in [-0.05, 0) is 41.4 Å². The Balaban J connectivity index is 0.00000312. The number of carbonyl (C=O) groups excluding carboxylic acids is 1. The van der Waals surface area contributed by atoms with Crippen molar-refractivity contribution in [3.8, 4) is 5.75 Å². The Bertz CT molecular complexity index is 701. The van der Waals surface area contributed by atoms with Crippen molar-refractivity contribution < 1.29 is 32.3 Å². The molecule has 0 saturated carbocycles. The molecule has 1 aromatic carbocycles. The van der Waals surface area contributed by atoms with Gasteiger partial charge in [0.2, 0.25) is 5.71 Å². The number of amides is 1. The molecule has 3 N–H and O–H groups in total. The third kappa shape index (κ3) is 6.43. The lowest BCUT2D eigenvalue weighted by atomic mass is 10.1. The van der Waals surface area contributed by atoms with Crippen molar-refractivity contribution in [2.45, 2.75) is 26.9 Å². The molecule has 0 atom stereocenters. The average molecular weight is 364 g/mol. The first kappa shape index (κ1) is 20.4. The highest BCUT2D eigenvalue weighted by atomic mass is 35.5. The van der Waals surface area contributed by atoms with Crippen molar-refractivity contribution in [1.29, 1.82) is 0 Å². The van der Waals surface area contributed by atoms with E-state index in [0.717, 1.165) is 17.7 Å². The quantitative estimate of drug-likeness (QED) is 0.390. The second kappa shape index (κ2) is 10.3. The number of aromatic nitrogens is 1. The van der Waals surface area contributed by atoms with E-state index in [2.05, 4.69) is 15.5 Å². The third-order valence-corrected chi connectivity index (χ3v) is 3.35. The largest absolute Gasteiger partial charge is 1.00 e. The molecule has 2 rings (SSSR count). The minimum Gasteiger partial charge on any atom is -1.00 e. The molecule has 7 heteroatoms. The number of aromatic hydroxyl groups is 1. The minimum absolute atomic E-state index is 0. The van der Waals surface area contributed by atoms with Crippen LogP contribution < -0.4 is 22.9 Å². The number of hydrogen-bond donors (Lipinski definition) is 3. The molecule has 1 aromatic heterocycles. The zero-order valence-electron chi connectivity index (χ0n) is 14.3. The monoisotopic (exact) mass is 363 g/mol. The molecule has 0 fully saturated rings. The van der Waals surface area contributed by atoms with Gasteiger partial charge in [-0.2, -0.15) is 0 Å². The van der Waals surface area contributed by atoms with Crippen LogP contribution in [-0.4, -0.2) is 28.3 Å². The molecule has 2 aromatic rings. The van der Waals surface area contributed by atoms with Crippen molar-refractivity contribution in [3.63, 3.8) is 0 Å². The molecule has 0 aliphatic carbocycles. The normalized spacial score (nSPS) is 10.7. The van der Waals surface area contributed by atoms with Crippen LogP contribution in [0.1, 0.15) is 41.9 Å². The maximum absolute atomic E-state index is 11.8. The van der Waals surface area contributed by atoms with Gasteiger partial charge in [-0.25, -0.2) is 4.98 Å². The van der Waals surface area contributed by atoms with Crippen LogP contribution in [0.4, 0.5) is 0 Å². The van der Waals surface area contributed by atoms with Gasteiger partial charge in [0.05, 0.1) is 6.20 Å². The van der Waals surface area contributed by atoms with Gasteiger partial charge >= 0.3 is 0 Å². The first-order valence-electron chi connectivity index (χ1n) is 7.84. The lowest BCUT2D eigenvalue weighted by Gasteiger charge is -2.04. The summed E-state index contributed by atoms with van der Waals surface area (Å²) in [5, 5.41) is 14.9. The summed E-state index contributed by atoms with van der Waals surface area (Å²) in [6, 6.07) is 10.5. The standard InChI is InChI=1S/C18H21N3O3.ClH/c1-3-10-19-18(23)15-6-4-14(5-7-15)12-24-21-13(2)17-9-8-16(22)11-20-17;/h4-9,11,22H,3,10,12H2,1-2H3,(H,19,23);1H. The Labute approximate surface area is 153 Å². The van der Waals surface area contributed by atoms with Crippen LogP contribution in [0.3, 0.4) is 0 Å². The first-order chi connectivity index (χ1) is 11.6. The Morgan fingerprint density at radius 3 is 2.56 bits per heavy atom. The fourth-order valence-corrected chi connectivity index (χ4v) is 1.98. The van der Waals surface area contributed by atoms with Crippen LogP contribution in [0.5, 0.6) is 5.75 Å². The summed E-state index contributed by atoms with van der Waals surface area (Å²) in [6.07, 6.45) is 2.29. The summed E-state index contributed by atoms with van der Waals surface area (Å²) < 4.78 is 0. The zero-order valence-corrected chi connectivity index (χ0v) is 15.0. The van der Waals surface area contributed by atoms with E-state index in [9.17, 15) is 9.90 Å². The molecule has 0 saturated heterocycles. The second-order valence-electron chi connectivity index (χ2n) is 5.37. The van der Waals surface area contributed by atoms with Gasteiger partial charge in [-0.3, -0.25) is 9.63 Å². The van der Waals surface area contributed by atoms with E-state index < -0.39 is 0 Å². The lowest BCUT2D eigenvalue weighted by molar-refractivity contribution is -0.758. The molecule has 0 aliphatic heterocycles. The van der Waals surface area contributed by atoms with Gasteiger partial charge in [0.25, 0.3) is 5.91 Å². The van der Waals surface area contributed by atoms with Crippen LogP contribution in [0.15, 0.2) is 42.6 Å². The molecule has 25 heavy (non-hydrogen) atoms. The van der Waals surface area contributed by atoms with E-state index in [0.29, 0.717) is 24.4 Å². The number of pyridine rings is 1. The van der Waals surface area contributed by atoms with E-state index in [1.165, 1.54) is 6.20 Å². The number of carbonyl (C=O) groups is 1. The van der Waals surface area contributed by atoms with Gasteiger partial charge in [0, 0.05) is 19.0 Å². The number of rotatable bonds is 7. The Hall–Kier alpha value is -2.60. The molecule has 0 unspecified atom stereocenters. The van der Waals surface area contributed by atoms with Crippen molar-refractivity contribution in [2.24, 2.45) is 0 Å². The summed E-state index contributed by atoms with van der Waals surface area (Å²) in [7, 11) is 0. The highest BCUT2D eigenvalue weighted by molar-refractivity contribution is 5.94. The van der Waals surface area contributed by atoms with Crippen molar-refractivity contribution in [1.82, 2.24) is 10.3 Å². The van der Waals surface area contributed by atoms with Crippen LogP contribution in [0.25, 0.3) is 0 Å². The van der Waals surface area contributed by atoms with Crippen molar-refractivity contribution in [2.75, 3.05) is 6.54 Å². The molecule has 1 heterocycles. The topological polar surface area (TPSA) is 85.4 Å². The predicted molar refractivity (Wildman–Crippen MR) is 90.5 cm³/mol. The third-order valence-electron chi connectivity index (χ3n) is 3.35. The maximum Gasteiger partial charge on any atom is 0.251 e. The first-order valence-corrected chi connectivity index (χ1v) is 7.84. The number of benzene rings is 1. The van der Waals surface area contributed by atoms with Gasteiger partial charge in [-0.1, -0.05) is 19.1 Å². The molecular formula is C18H22ClN3O3. The Morgan fingerprint density at radius 2 is 1.96 bits per heavy atom. The van der Waals surface area contributed by atoms with E-state index in [1.807, 2.05) is 26.0 Å². The maximum atomic E-state index is 11.8. The number of nitrogens with one attached hydrogen (secondary N) is 2. The molecule has 6 nitrogen and oxygen atoms in total. The highest BCUT2D eigenvalue weighted by Gasteiger charge is 2.07. The molecule has 0 spiro atoms. The van der Waals surface area contributed by atoms with Gasteiger partial charge in [0.1, 0.15) is 11.4 Å². The highest BCUT2D eigenvalue weighted by Crippen LogP contribution is 2.06. The molecule has 0 aliphatic rings. The fraction of sp³-hybridized carbons (Fsp3) is 0.278. The smallest absolute Gasteiger partial charge is 0.251 e. The average Bonchev–Trinajstić information content (AvgIpc) is 2.60. The van der Waals surface area contributed by atoms with E-state index >= 15 is 0 Å². The predicted octanol–water partition coefficient (Wildman–Crippen LogP) is -2.05. The summed E-state index contributed by atoms with van der Waals surface area (Å²) in [6.45, 7) is 4.88. The summed E-state index contributed by atoms with van der Waals surface area (Å²) in [5.41, 5.74) is 3.01. The van der Waals surface area contributed by atoms with E-state index in [1.54, 1.807) is 24.3 Å². The van der Waals surface area contributed by atoms with Crippen molar-refractivity contribution in [3.05, 3.63) is 59.4 Å².